The van der Waals surface area contributed by atoms with E-state index in [9.17, 15) is 9.90 Å². The van der Waals surface area contributed by atoms with Gasteiger partial charge in [0, 0.05) is 25.9 Å². The Bertz CT molecular complexity index is 625. The van der Waals surface area contributed by atoms with E-state index in [0.717, 1.165) is 24.5 Å². The minimum Gasteiger partial charge on any atom is -0.396 e. The second-order valence-corrected chi connectivity index (χ2v) is 5.53. The summed E-state index contributed by atoms with van der Waals surface area (Å²) in [6.07, 6.45) is 2.07. The number of aliphatic hydroxyl groups is 1. The van der Waals surface area contributed by atoms with Gasteiger partial charge in [-0.05, 0) is 38.0 Å². The predicted molar refractivity (Wildman–Crippen MR) is 96.2 cm³/mol. The molecule has 2 N–H and O–H groups in total. The first-order chi connectivity index (χ1) is 11.7. The largest absolute Gasteiger partial charge is 0.396 e. The lowest BCUT2D eigenvalue weighted by Gasteiger charge is -2.20. The Labute approximate surface area is 143 Å². The predicted octanol–water partition coefficient (Wildman–Crippen LogP) is 2.78. The number of hydrogen-bond donors (Lipinski definition) is 2. The first kappa shape index (κ1) is 17.9. The van der Waals surface area contributed by atoms with E-state index in [2.05, 4.69) is 29.0 Å². The fourth-order valence-corrected chi connectivity index (χ4v) is 2.63. The zero-order valence-corrected chi connectivity index (χ0v) is 14.3. The number of aliphatic hydroxyl groups excluding tert-OH is 1. The van der Waals surface area contributed by atoms with Crippen LogP contribution in [0.3, 0.4) is 0 Å². The number of aromatic nitrogens is 1. The number of benzene rings is 1. The number of nitrogens with zero attached hydrogens (tertiary/aromatic N) is 2. The van der Waals surface area contributed by atoms with Crippen LogP contribution in [0.15, 0.2) is 48.7 Å². The third-order valence-corrected chi connectivity index (χ3v) is 4.02. The van der Waals surface area contributed by atoms with E-state index in [1.807, 2.05) is 36.4 Å². The van der Waals surface area contributed by atoms with Gasteiger partial charge in [-0.1, -0.05) is 30.3 Å². The number of carbonyl (C=O) groups excluding carboxylic acids is 1. The Balaban J connectivity index is 2.10. The van der Waals surface area contributed by atoms with Gasteiger partial charge in [-0.25, -0.2) is 4.98 Å². The normalized spacial score (nSPS) is 11.8. The molecule has 24 heavy (non-hydrogen) atoms. The van der Waals surface area contributed by atoms with Crippen molar-refractivity contribution in [1.29, 1.82) is 0 Å². The van der Waals surface area contributed by atoms with Gasteiger partial charge < -0.3 is 15.3 Å². The van der Waals surface area contributed by atoms with Crippen LogP contribution in [-0.4, -0.2) is 35.7 Å². The van der Waals surface area contributed by atoms with Crippen LogP contribution in [0.4, 0.5) is 5.82 Å². The van der Waals surface area contributed by atoms with Gasteiger partial charge in [-0.15, -0.1) is 0 Å². The summed E-state index contributed by atoms with van der Waals surface area (Å²) in [6.45, 7) is 5.92. The van der Waals surface area contributed by atoms with E-state index in [1.165, 1.54) is 0 Å². The van der Waals surface area contributed by atoms with Gasteiger partial charge >= 0.3 is 0 Å². The van der Waals surface area contributed by atoms with Gasteiger partial charge in [-0.2, -0.15) is 0 Å². The fraction of sp³-hybridized carbons (Fsp3) is 0.368. The number of rotatable bonds is 8. The van der Waals surface area contributed by atoms with Crippen molar-refractivity contribution < 1.29 is 9.90 Å². The van der Waals surface area contributed by atoms with Crippen molar-refractivity contribution in [3.05, 3.63) is 59.8 Å². The number of anilines is 1. The highest BCUT2D eigenvalue weighted by atomic mass is 16.3. The van der Waals surface area contributed by atoms with Crippen LogP contribution in [0.1, 0.15) is 42.2 Å². The van der Waals surface area contributed by atoms with Crippen molar-refractivity contribution in [1.82, 2.24) is 10.3 Å². The highest BCUT2D eigenvalue weighted by molar-refractivity contribution is 5.94. The van der Waals surface area contributed by atoms with Crippen LogP contribution >= 0.6 is 0 Å². The summed E-state index contributed by atoms with van der Waals surface area (Å²) in [5.41, 5.74) is 1.50. The van der Waals surface area contributed by atoms with Crippen molar-refractivity contribution in [3.63, 3.8) is 0 Å². The number of carbonyl (C=O) groups is 1. The van der Waals surface area contributed by atoms with E-state index < -0.39 is 0 Å². The van der Waals surface area contributed by atoms with E-state index in [-0.39, 0.29) is 18.6 Å². The SMILES string of the molecule is CCN(CC)c1ccc(C(=O)NC(CCO)c2ccccc2)cn1. The van der Waals surface area contributed by atoms with Gasteiger partial charge in [-0.3, -0.25) is 4.79 Å². The molecule has 0 radical (unpaired) electrons. The molecule has 1 aromatic carbocycles. The molecule has 0 saturated heterocycles. The maximum absolute atomic E-state index is 12.5. The number of pyridine rings is 1. The van der Waals surface area contributed by atoms with Gasteiger partial charge in [0.1, 0.15) is 5.82 Å². The van der Waals surface area contributed by atoms with E-state index in [0.29, 0.717) is 12.0 Å². The van der Waals surface area contributed by atoms with Crippen LogP contribution < -0.4 is 10.2 Å². The molecule has 0 bridgehead atoms. The number of nitrogens with one attached hydrogen (secondary N) is 1. The molecule has 0 spiro atoms. The third kappa shape index (κ3) is 4.55. The summed E-state index contributed by atoms with van der Waals surface area (Å²) in [6, 6.07) is 13.1. The molecule has 5 heteroatoms. The molecule has 1 atom stereocenters. The Hall–Kier alpha value is -2.40. The van der Waals surface area contributed by atoms with Crippen LogP contribution in [0.5, 0.6) is 0 Å². The maximum Gasteiger partial charge on any atom is 0.253 e. The highest BCUT2D eigenvalue weighted by Crippen LogP contribution is 2.17. The lowest BCUT2D eigenvalue weighted by Crippen LogP contribution is -2.29. The lowest BCUT2D eigenvalue weighted by atomic mass is 10.0. The summed E-state index contributed by atoms with van der Waals surface area (Å²) in [5, 5.41) is 12.2. The summed E-state index contributed by atoms with van der Waals surface area (Å²) in [4.78, 5) is 19.0. The minimum absolute atomic E-state index is 0.0129. The minimum atomic E-state index is -0.217. The summed E-state index contributed by atoms with van der Waals surface area (Å²) in [5.74, 6) is 0.683. The molecule has 1 unspecified atom stereocenters. The molecule has 1 heterocycles. The Kier molecular flexibility index (Phi) is 6.75. The first-order valence-corrected chi connectivity index (χ1v) is 8.37. The van der Waals surface area contributed by atoms with Crippen molar-refractivity contribution in [2.24, 2.45) is 0 Å². The molecule has 2 rings (SSSR count). The summed E-state index contributed by atoms with van der Waals surface area (Å²) in [7, 11) is 0. The Morgan fingerprint density at radius 1 is 1.17 bits per heavy atom. The molecule has 5 nitrogen and oxygen atoms in total. The van der Waals surface area contributed by atoms with Gasteiger partial charge in [0.15, 0.2) is 0 Å². The second-order valence-electron chi connectivity index (χ2n) is 5.53. The smallest absolute Gasteiger partial charge is 0.253 e. The van der Waals surface area contributed by atoms with Crippen molar-refractivity contribution in [2.45, 2.75) is 26.3 Å². The zero-order chi connectivity index (χ0) is 17.4. The zero-order valence-electron chi connectivity index (χ0n) is 14.3. The number of amides is 1. The molecule has 0 aliphatic rings. The van der Waals surface area contributed by atoms with E-state index in [4.69, 9.17) is 0 Å². The number of hydrogen-bond acceptors (Lipinski definition) is 4. The van der Waals surface area contributed by atoms with E-state index >= 15 is 0 Å². The van der Waals surface area contributed by atoms with Gasteiger partial charge in [0.05, 0.1) is 11.6 Å². The van der Waals surface area contributed by atoms with Crippen LogP contribution in [0.2, 0.25) is 0 Å². The summed E-state index contributed by atoms with van der Waals surface area (Å²) >= 11 is 0. The van der Waals surface area contributed by atoms with Crippen molar-refractivity contribution in [3.8, 4) is 0 Å². The molecule has 0 aliphatic heterocycles. The fourth-order valence-electron chi connectivity index (χ4n) is 2.63. The topological polar surface area (TPSA) is 65.5 Å². The van der Waals surface area contributed by atoms with E-state index in [1.54, 1.807) is 12.3 Å². The van der Waals surface area contributed by atoms with Crippen LogP contribution in [0, 0.1) is 0 Å². The molecular formula is C19H25N3O2. The van der Waals surface area contributed by atoms with Crippen LogP contribution in [0.25, 0.3) is 0 Å². The molecule has 1 amide bonds. The van der Waals surface area contributed by atoms with Crippen LogP contribution in [-0.2, 0) is 0 Å². The molecule has 2 aromatic rings. The first-order valence-electron chi connectivity index (χ1n) is 8.37. The van der Waals surface area contributed by atoms with Gasteiger partial charge in [0.25, 0.3) is 5.91 Å². The molecule has 0 aliphatic carbocycles. The Morgan fingerprint density at radius 2 is 1.88 bits per heavy atom. The van der Waals surface area contributed by atoms with Crippen molar-refractivity contribution in [2.75, 3.05) is 24.6 Å². The standard InChI is InChI=1S/C19H25N3O2/c1-3-22(4-2)18-11-10-16(14-20-18)19(24)21-17(12-13-23)15-8-6-5-7-9-15/h5-11,14,17,23H,3-4,12-13H2,1-2H3,(H,21,24). The molecule has 0 fully saturated rings. The Morgan fingerprint density at radius 3 is 2.42 bits per heavy atom. The lowest BCUT2D eigenvalue weighted by molar-refractivity contribution is 0.0929. The molecular weight excluding hydrogens is 302 g/mol. The van der Waals surface area contributed by atoms with Gasteiger partial charge in [0.2, 0.25) is 0 Å². The molecule has 0 saturated carbocycles. The second kappa shape index (κ2) is 9.03. The van der Waals surface area contributed by atoms with Crippen molar-refractivity contribution >= 4 is 11.7 Å². The quantitative estimate of drug-likeness (QED) is 0.782. The molecule has 1 aromatic heterocycles. The molecule has 128 valence electrons. The third-order valence-electron chi connectivity index (χ3n) is 4.02. The average Bonchev–Trinajstić information content (AvgIpc) is 2.63. The maximum atomic E-state index is 12.5. The summed E-state index contributed by atoms with van der Waals surface area (Å²) < 4.78 is 0. The highest BCUT2D eigenvalue weighted by Gasteiger charge is 2.16. The monoisotopic (exact) mass is 327 g/mol. The average molecular weight is 327 g/mol.